The second kappa shape index (κ2) is 13.0. The molecule has 0 aromatic heterocycles. The van der Waals surface area contributed by atoms with Crippen LogP contribution in [0, 0.1) is 0 Å². The Morgan fingerprint density at radius 2 is 1.62 bits per heavy atom. The minimum atomic E-state index is -3.80. The summed E-state index contributed by atoms with van der Waals surface area (Å²) in [6.07, 6.45) is 2.16. The van der Waals surface area contributed by atoms with E-state index in [-0.39, 0.29) is 17.9 Å². The third kappa shape index (κ3) is 8.62. The van der Waals surface area contributed by atoms with E-state index in [4.69, 9.17) is 23.2 Å². The van der Waals surface area contributed by atoms with Gasteiger partial charge in [-0.15, -0.1) is 0 Å². The van der Waals surface area contributed by atoms with Crippen molar-refractivity contribution >= 4 is 50.7 Å². The molecule has 2 aromatic rings. The monoisotopic (exact) mass is 569 g/mol. The van der Waals surface area contributed by atoms with Crippen molar-refractivity contribution in [2.75, 3.05) is 23.7 Å². The maximum absolute atomic E-state index is 13.7. The highest BCUT2D eigenvalue weighted by Gasteiger charge is 2.31. The van der Waals surface area contributed by atoms with Crippen LogP contribution in [0.25, 0.3) is 0 Å². The van der Waals surface area contributed by atoms with Crippen LogP contribution in [0.5, 0.6) is 0 Å². The van der Waals surface area contributed by atoms with Crippen molar-refractivity contribution in [2.24, 2.45) is 0 Å². The fourth-order valence-corrected chi connectivity index (χ4v) is 5.03. The number of halogens is 2. The number of carbonyl (C=O) groups is 2. The molecule has 0 aliphatic heterocycles. The Morgan fingerprint density at radius 1 is 1.00 bits per heavy atom. The fourth-order valence-electron chi connectivity index (χ4n) is 3.86. The van der Waals surface area contributed by atoms with Gasteiger partial charge in [0.05, 0.1) is 22.0 Å². The van der Waals surface area contributed by atoms with Crippen LogP contribution in [-0.2, 0) is 31.6 Å². The van der Waals surface area contributed by atoms with Gasteiger partial charge in [0, 0.05) is 13.1 Å². The van der Waals surface area contributed by atoms with Gasteiger partial charge in [-0.2, -0.15) is 0 Å². The van der Waals surface area contributed by atoms with E-state index >= 15 is 0 Å². The van der Waals surface area contributed by atoms with E-state index in [1.807, 2.05) is 26.0 Å². The standard InChI is InChI=1S/C27H37Cl2N3O4S/c1-7-15-30-26(34)24(8-2)31(17-19-9-14-22(28)23(29)16-19)25(33)18-32(37(6,35)36)21-12-10-20(11-13-21)27(3,4)5/h9-14,16,24H,7-8,15,17-18H2,1-6H3,(H,30,34)/t24-/m0/s1. The van der Waals surface area contributed by atoms with Crippen LogP contribution in [0.3, 0.4) is 0 Å². The lowest BCUT2D eigenvalue weighted by atomic mass is 9.87. The van der Waals surface area contributed by atoms with Gasteiger partial charge in [-0.05, 0) is 53.6 Å². The number of sulfonamides is 1. The molecule has 0 unspecified atom stereocenters. The molecule has 2 rings (SSSR count). The van der Waals surface area contributed by atoms with E-state index in [0.29, 0.717) is 34.3 Å². The number of anilines is 1. The third-order valence-corrected chi connectivity index (χ3v) is 7.85. The summed E-state index contributed by atoms with van der Waals surface area (Å²) in [5, 5.41) is 3.55. The fraction of sp³-hybridized carbons (Fsp3) is 0.481. The minimum Gasteiger partial charge on any atom is -0.354 e. The van der Waals surface area contributed by atoms with Crippen molar-refractivity contribution in [3.63, 3.8) is 0 Å². The molecule has 37 heavy (non-hydrogen) atoms. The first-order valence-corrected chi connectivity index (χ1v) is 14.9. The molecular weight excluding hydrogens is 533 g/mol. The Morgan fingerprint density at radius 3 is 2.11 bits per heavy atom. The van der Waals surface area contributed by atoms with Crippen molar-refractivity contribution in [1.29, 1.82) is 0 Å². The maximum atomic E-state index is 13.7. The van der Waals surface area contributed by atoms with Gasteiger partial charge in [0.25, 0.3) is 0 Å². The molecule has 0 aliphatic rings. The van der Waals surface area contributed by atoms with Crippen molar-refractivity contribution in [2.45, 2.75) is 65.5 Å². The molecule has 0 saturated heterocycles. The van der Waals surface area contributed by atoms with Crippen LogP contribution in [0.2, 0.25) is 10.0 Å². The zero-order valence-corrected chi connectivity index (χ0v) is 24.7. The number of amides is 2. The van der Waals surface area contributed by atoms with Gasteiger partial charge in [-0.1, -0.05) is 76.0 Å². The number of carbonyl (C=O) groups excluding carboxylic acids is 2. The van der Waals surface area contributed by atoms with Gasteiger partial charge >= 0.3 is 0 Å². The highest BCUT2D eigenvalue weighted by Crippen LogP contribution is 2.27. The van der Waals surface area contributed by atoms with Crippen LogP contribution < -0.4 is 9.62 Å². The van der Waals surface area contributed by atoms with Crippen LogP contribution >= 0.6 is 23.2 Å². The van der Waals surface area contributed by atoms with E-state index in [2.05, 4.69) is 26.1 Å². The summed E-state index contributed by atoms with van der Waals surface area (Å²) < 4.78 is 26.6. The summed E-state index contributed by atoms with van der Waals surface area (Å²) in [5.74, 6) is -0.798. The van der Waals surface area contributed by atoms with Gasteiger partial charge in [0.2, 0.25) is 21.8 Å². The van der Waals surface area contributed by atoms with E-state index in [0.717, 1.165) is 22.5 Å². The molecule has 2 amide bonds. The highest BCUT2D eigenvalue weighted by atomic mass is 35.5. The molecule has 2 aromatic carbocycles. The molecule has 0 radical (unpaired) electrons. The number of hydrogen-bond acceptors (Lipinski definition) is 4. The lowest BCUT2D eigenvalue weighted by molar-refractivity contribution is -0.140. The summed E-state index contributed by atoms with van der Waals surface area (Å²) in [5.41, 5.74) is 1.98. The normalized spacial score (nSPS) is 12.6. The molecule has 204 valence electrons. The highest BCUT2D eigenvalue weighted by molar-refractivity contribution is 7.92. The quantitative estimate of drug-likeness (QED) is 0.393. The first kappa shape index (κ1) is 30.9. The Balaban J connectivity index is 2.45. The second-order valence-electron chi connectivity index (χ2n) is 10.1. The van der Waals surface area contributed by atoms with Crippen LogP contribution in [-0.4, -0.2) is 50.5 Å². The maximum Gasteiger partial charge on any atom is 0.244 e. The second-order valence-corrected chi connectivity index (χ2v) is 12.8. The van der Waals surface area contributed by atoms with Crippen molar-refractivity contribution in [3.05, 3.63) is 63.6 Å². The molecule has 0 bridgehead atoms. The first-order chi connectivity index (χ1) is 17.2. The zero-order valence-electron chi connectivity index (χ0n) is 22.3. The Hall–Kier alpha value is -2.29. The summed E-state index contributed by atoms with van der Waals surface area (Å²) in [6.45, 7) is 10.0. The number of benzene rings is 2. The summed E-state index contributed by atoms with van der Waals surface area (Å²) in [7, 11) is -3.80. The van der Waals surface area contributed by atoms with Gasteiger partial charge in [0.15, 0.2) is 0 Å². The topological polar surface area (TPSA) is 86.8 Å². The first-order valence-electron chi connectivity index (χ1n) is 12.3. The molecule has 0 heterocycles. The predicted octanol–water partition coefficient (Wildman–Crippen LogP) is 5.39. The summed E-state index contributed by atoms with van der Waals surface area (Å²) in [4.78, 5) is 28.1. The Bertz CT molecular complexity index is 1200. The number of nitrogens with one attached hydrogen (secondary N) is 1. The van der Waals surface area contributed by atoms with Crippen LogP contribution in [0.15, 0.2) is 42.5 Å². The van der Waals surface area contributed by atoms with E-state index < -0.39 is 28.5 Å². The van der Waals surface area contributed by atoms with Crippen molar-refractivity contribution < 1.29 is 18.0 Å². The number of hydrogen-bond donors (Lipinski definition) is 1. The molecule has 0 spiro atoms. The SMILES string of the molecule is CCCNC(=O)[C@H](CC)N(Cc1ccc(Cl)c(Cl)c1)C(=O)CN(c1ccc(C(C)(C)C)cc1)S(C)(=O)=O. The average molecular weight is 571 g/mol. The summed E-state index contributed by atoms with van der Waals surface area (Å²) in [6, 6.07) is 11.3. The number of nitrogens with zero attached hydrogens (tertiary/aromatic N) is 2. The lowest BCUT2D eigenvalue weighted by Gasteiger charge is -2.33. The van der Waals surface area contributed by atoms with Gasteiger partial charge < -0.3 is 10.2 Å². The van der Waals surface area contributed by atoms with E-state index in [9.17, 15) is 18.0 Å². The molecule has 1 N–H and O–H groups in total. The lowest BCUT2D eigenvalue weighted by Crippen LogP contribution is -2.52. The Labute approximate surface area is 231 Å². The molecule has 0 fully saturated rings. The zero-order chi connectivity index (χ0) is 28.0. The molecule has 1 atom stereocenters. The number of rotatable bonds is 11. The molecule has 0 aliphatic carbocycles. The minimum absolute atomic E-state index is 0.0638. The third-order valence-electron chi connectivity index (χ3n) is 5.97. The van der Waals surface area contributed by atoms with Crippen molar-refractivity contribution in [3.8, 4) is 0 Å². The van der Waals surface area contributed by atoms with E-state index in [1.165, 1.54) is 4.90 Å². The van der Waals surface area contributed by atoms with E-state index in [1.54, 1.807) is 30.3 Å². The predicted molar refractivity (Wildman–Crippen MR) is 152 cm³/mol. The van der Waals surface area contributed by atoms with Gasteiger partial charge in [-0.25, -0.2) is 8.42 Å². The molecule has 7 nitrogen and oxygen atoms in total. The van der Waals surface area contributed by atoms with Crippen molar-refractivity contribution in [1.82, 2.24) is 10.2 Å². The largest absolute Gasteiger partial charge is 0.354 e. The molecule has 0 saturated carbocycles. The summed E-state index contributed by atoms with van der Waals surface area (Å²) >= 11 is 12.2. The van der Waals surface area contributed by atoms with Gasteiger partial charge in [0.1, 0.15) is 12.6 Å². The molecule has 10 heteroatoms. The average Bonchev–Trinajstić information content (AvgIpc) is 2.81. The smallest absolute Gasteiger partial charge is 0.244 e. The van der Waals surface area contributed by atoms with Crippen LogP contribution in [0.4, 0.5) is 5.69 Å². The van der Waals surface area contributed by atoms with Crippen LogP contribution in [0.1, 0.15) is 58.6 Å². The Kier molecular flexibility index (Phi) is 10.9. The van der Waals surface area contributed by atoms with Gasteiger partial charge in [-0.3, -0.25) is 13.9 Å². The molecular formula is C27H37Cl2N3O4S.